The lowest BCUT2D eigenvalue weighted by molar-refractivity contribution is -0.148. The van der Waals surface area contributed by atoms with E-state index in [9.17, 15) is 4.79 Å². The van der Waals surface area contributed by atoms with Crippen molar-refractivity contribution in [1.82, 2.24) is 5.32 Å². The first-order chi connectivity index (χ1) is 7.15. The second-order valence-electron chi connectivity index (χ2n) is 4.00. The number of esters is 1. The van der Waals surface area contributed by atoms with E-state index in [-0.39, 0.29) is 11.5 Å². The molecule has 1 rings (SSSR count). The molecule has 0 unspecified atom stereocenters. The smallest absolute Gasteiger partial charge is 0.307 e. The number of rotatable bonds is 6. The molecule has 4 nitrogen and oxygen atoms in total. The summed E-state index contributed by atoms with van der Waals surface area (Å²) in [4.78, 5) is 11.4. The van der Waals surface area contributed by atoms with Crippen molar-refractivity contribution < 1.29 is 14.3 Å². The zero-order chi connectivity index (χ0) is 11.3. The lowest BCUT2D eigenvalue weighted by Crippen LogP contribution is -2.58. The standard InChI is InChI=1S/C11H21NO3/c1-4-14-9-6-11(7-9,12-3)8-10(13)15-5-2/h9,12H,4-8H2,1-3H3. The Morgan fingerprint density at radius 1 is 1.40 bits per heavy atom. The van der Waals surface area contributed by atoms with Gasteiger partial charge in [-0.1, -0.05) is 0 Å². The normalized spacial score (nSPS) is 29.7. The van der Waals surface area contributed by atoms with E-state index in [1.165, 1.54) is 0 Å². The van der Waals surface area contributed by atoms with E-state index in [2.05, 4.69) is 5.32 Å². The van der Waals surface area contributed by atoms with E-state index < -0.39 is 0 Å². The lowest BCUT2D eigenvalue weighted by atomic mass is 9.72. The monoisotopic (exact) mass is 215 g/mol. The molecule has 0 aliphatic heterocycles. The molecule has 1 fully saturated rings. The molecule has 0 radical (unpaired) electrons. The van der Waals surface area contributed by atoms with E-state index in [4.69, 9.17) is 9.47 Å². The summed E-state index contributed by atoms with van der Waals surface area (Å²) < 4.78 is 10.4. The average molecular weight is 215 g/mol. The first-order valence-electron chi connectivity index (χ1n) is 5.62. The summed E-state index contributed by atoms with van der Waals surface area (Å²) >= 11 is 0. The highest BCUT2D eigenvalue weighted by Gasteiger charge is 2.45. The Kier molecular flexibility index (Phi) is 4.54. The van der Waals surface area contributed by atoms with E-state index in [1.807, 2.05) is 20.9 Å². The van der Waals surface area contributed by atoms with Crippen LogP contribution in [0.1, 0.15) is 33.1 Å². The topological polar surface area (TPSA) is 47.6 Å². The molecule has 1 N–H and O–H groups in total. The fourth-order valence-electron chi connectivity index (χ4n) is 2.09. The van der Waals surface area contributed by atoms with Gasteiger partial charge in [0.25, 0.3) is 0 Å². The fourth-order valence-corrected chi connectivity index (χ4v) is 2.09. The number of nitrogens with one attached hydrogen (secondary N) is 1. The molecule has 1 aliphatic rings. The summed E-state index contributed by atoms with van der Waals surface area (Å²) in [6, 6.07) is 0. The highest BCUT2D eigenvalue weighted by molar-refractivity contribution is 5.71. The molecular weight excluding hydrogens is 194 g/mol. The van der Waals surface area contributed by atoms with Gasteiger partial charge in [-0.25, -0.2) is 0 Å². The van der Waals surface area contributed by atoms with Crippen molar-refractivity contribution in [2.24, 2.45) is 0 Å². The predicted octanol–water partition coefficient (Wildman–Crippen LogP) is 1.10. The van der Waals surface area contributed by atoms with Crippen molar-refractivity contribution >= 4 is 5.97 Å². The predicted molar refractivity (Wildman–Crippen MR) is 57.7 cm³/mol. The Labute approximate surface area is 91.3 Å². The van der Waals surface area contributed by atoms with Crippen LogP contribution in [0.3, 0.4) is 0 Å². The Morgan fingerprint density at radius 3 is 2.53 bits per heavy atom. The van der Waals surface area contributed by atoms with Crippen molar-refractivity contribution in [3.63, 3.8) is 0 Å². The van der Waals surface area contributed by atoms with Crippen LogP contribution in [0.25, 0.3) is 0 Å². The summed E-state index contributed by atoms with van der Waals surface area (Å²) in [5.74, 6) is -0.123. The van der Waals surface area contributed by atoms with Crippen LogP contribution >= 0.6 is 0 Å². The van der Waals surface area contributed by atoms with Crippen LogP contribution in [0.15, 0.2) is 0 Å². The molecule has 1 aliphatic carbocycles. The molecule has 88 valence electrons. The Balaban J connectivity index is 2.34. The molecule has 0 spiro atoms. The van der Waals surface area contributed by atoms with Crippen LogP contribution in [-0.2, 0) is 14.3 Å². The zero-order valence-corrected chi connectivity index (χ0v) is 9.84. The molecule has 0 heterocycles. The third kappa shape index (κ3) is 3.18. The largest absolute Gasteiger partial charge is 0.466 e. The molecule has 0 saturated heterocycles. The van der Waals surface area contributed by atoms with Gasteiger partial charge in [-0.2, -0.15) is 0 Å². The summed E-state index contributed by atoms with van der Waals surface area (Å²) in [5.41, 5.74) is -0.0912. The zero-order valence-electron chi connectivity index (χ0n) is 9.84. The first-order valence-corrected chi connectivity index (χ1v) is 5.62. The number of carbonyl (C=O) groups is 1. The van der Waals surface area contributed by atoms with Gasteiger partial charge in [0, 0.05) is 12.1 Å². The average Bonchev–Trinajstić information content (AvgIpc) is 2.14. The van der Waals surface area contributed by atoms with Crippen molar-refractivity contribution in [1.29, 1.82) is 0 Å². The first kappa shape index (κ1) is 12.5. The van der Waals surface area contributed by atoms with Crippen LogP contribution in [0, 0.1) is 0 Å². The molecule has 15 heavy (non-hydrogen) atoms. The number of carbonyl (C=O) groups excluding carboxylic acids is 1. The molecule has 0 aromatic rings. The lowest BCUT2D eigenvalue weighted by Gasteiger charge is -2.46. The van der Waals surface area contributed by atoms with Gasteiger partial charge in [-0.15, -0.1) is 0 Å². The van der Waals surface area contributed by atoms with Crippen LogP contribution in [0.5, 0.6) is 0 Å². The van der Waals surface area contributed by atoms with Gasteiger partial charge < -0.3 is 14.8 Å². The van der Waals surface area contributed by atoms with E-state index in [0.29, 0.717) is 19.1 Å². The van der Waals surface area contributed by atoms with Crippen LogP contribution in [-0.4, -0.2) is 37.9 Å². The second kappa shape index (κ2) is 5.47. The van der Waals surface area contributed by atoms with Crippen LogP contribution in [0.4, 0.5) is 0 Å². The summed E-state index contributed by atoms with van der Waals surface area (Å²) in [6.07, 6.45) is 2.55. The minimum atomic E-state index is -0.123. The maximum atomic E-state index is 11.4. The molecule has 1 saturated carbocycles. The SMILES string of the molecule is CCOC(=O)CC1(NC)CC(OCC)C1. The minimum absolute atomic E-state index is 0.0912. The van der Waals surface area contributed by atoms with Gasteiger partial charge >= 0.3 is 5.97 Å². The highest BCUT2D eigenvalue weighted by atomic mass is 16.5. The van der Waals surface area contributed by atoms with Crippen LogP contribution in [0.2, 0.25) is 0 Å². The van der Waals surface area contributed by atoms with Gasteiger partial charge in [-0.3, -0.25) is 4.79 Å². The molecule has 0 bridgehead atoms. The van der Waals surface area contributed by atoms with Crippen molar-refractivity contribution in [3.8, 4) is 0 Å². The maximum absolute atomic E-state index is 11.4. The van der Waals surface area contributed by atoms with Crippen molar-refractivity contribution in [3.05, 3.63) is 0 Å². The van der Waals surface area contributed by atoms with Gasteiger partial charge in [0.2, 0.25) is 0 Å². The number of ether oxygens (including phenoxy) is 2. The molecule has 0 atom stereocenters. The van der Waals surface area contributed by atoms with Crippen molar-refractivity contribution in [2.75, 3.05) is 20.3 Å². The molecular formula is C11H21NO3. The van der Waals surface area contributed by atoms with Crippen LogP contribution < -0.4 is 5.32 Å². The van der Waals surface area contributed by atoms with Gasteiger partial charge in [0.1, 0.15) is 0 Å². The van der Waals surface area contributed by atoms with E-state index in [1.54, 1.807) is 0 Å². The molecule has 0 aromatic carbocycles. The maximum Gasteiger partial charge on any atom is 0.307 e. The second-order valence-corrected chi connectivity index (χ2v) is 4.00. The molecule has 0 aromatic heterocycles. The molecule has 4 heteroatoms. The third-order valence-corrected chi connectivity index (χ3v) is 2.96. The van der Waals surface area contributed by atoms with Gasteiger partial charge in [0.05, 0.1) is 19.1 Å². The molecule has 0 amide bonds. The van der Waals surface area contributed by atoms with E-state index in [0.717, 1.165) is 19.4 Å². The summed E-state index contributed by atoms with van der Waals surface area (Å²) in [7, 11) is 1.89. The Hall–Kier alpha value is -0.610. The van der Waals surface area contributed by atoms with Gasteiger partial charge in [0.15, 0.2) is 0 Å². The Bertz CT molecular complexity index is 212. The van der Waals surface area contributed by atoms with Gasteiger partial charge in [-0.05, 0) is 33.7 Å². The third-order valence-electron chi connectivity index (χ3n) is 2.96. The van der Waals surface area contributed by atoms with Crippen molar-refractivity contribution in [2.45, 2.75) is 44.8 Å². The quantitative estimate of drug-likeness (QED) is 0.674. The summed E-state index contributed by atoms with van der Waals surface area (Å²) in [6.45, 7) is 5.01. The Morgan fingerprint density at radius 2 is 2.07 bits per heavy atom. The highest BCUT2D eigenvalue weighted by Crippen LogP contribution is 2.37. The number of hydrogen-bond donors (Lipinski definition) is 1. The number of hydrogen-bond acceptors (Lipinski definition) is 4. The fraction of sp³-hybridized carbons (Fsp3) is 0.909. The van der Waals surface area contributed by atoms with E-state index >= 15 is 0 Å². The summed E-state index contributed by atoms with van der Waals surface area (Å²) in [5, 5.41) is 3.21. The minimum Gasteiger partial charge on any atom is -0.466 e.